The van der Waals surface area contributed by atoms with Crippen molar-refractivity contribution in [3.63, 3.8) is 0 Å². The van der Waals surface area contributed by atoms with Crippen LogP contribution in [0.1, 0.15) is 25.0 Å². The number of urea groups is 1. The Morgan fingerprint density at radius 3 is 2.61 bits per heavy atom. The van der Waals surface area contributed by atoms with Gasteiger partial charge in [-0.25, -0.2) is 4.79 Å². The highest BCUT2D eigenvalue weighted by Crippen LogP contribution is 2.35. The third-order valence-corrected chi connectivity index (χ3v) is 5.21. The van der Waals surface area contributed by atoms with Crippen LogP contribution in [0.2, 0.25) is 0 Å². The van der Waals surface area contributed by atoms with Crippen molar-refractivity contribution in [1.82, 2.24) is 9.88 Å². The Balaban J connectivity index is 1.77. The molecule has 1 fully saturated rings. The molecule has 2 heterocycles. The van der Waals surface area contributed by atoms with Crippen LogP contribution >= 0.6 is 0 Å². The van der Waals surface area contributed by atoms with Crippen molar-refractivity contribution < 1.29 is 22.7 Å². The molecule has 1 saturated heterocycles. The highest BCUT2D eigenvalue weighted by Gasteiger charge is 2.36. The van der Waals surface area contributed by atoms with Crippen molar-refractivity contribution in [3.05, 3.63) is 47.8 Å². The zero-order valence-electron chi connectivity index (χ0n) is 17.3. The van der Waals surface area contributed by atoms with Crippen molar-refractivity contribution in [3.8, 4) is 11.8 Å². The van der Waals surface area contributed by atoms with E-state index in [0.717, 1.165) is 6.07 Å². The number of nitrogens with one attached hydrogen (secondary N) is 1. The molecular weight excluding hydrogens is 411 g/mol. The highest BCUT2D eigenvalue weighted by atomic mass is 19.4. The lowest BCUT2D eigenvalue weighted by Crippen LogP contribution is -2.59. The second-order valence-electron chi connectivity index (χ2n) is 7.39. The summed E-state index contributed by atoms with van der Waals surface area (Å²) in [5, 5.41) is 11.8. The summed E-state index contributed by atoms with van der Waals surface area (Å²) in [6.45, 7) is 4.32. The average Bonchev–Trinajstić information content (AvgIpc) is 2.74. The minimum Gasteiger partial charge on any atom is -0.495 e. The van der Waals surface area contributed by atoms with Gasteiger partial charge in [0.15, 0.2) is 0 Å². The van der Waals surface area contributed by atoms with Crippen LogP contribution in [0.5, 0.6) is 5.75 Å². The molecule has 0 saturated carbocycles. The topological polar surface area (TPSA) is 81.5 Å². The number of hydrogen-bond acceptors (Lipinski definition) is 5. The van der Waals surface area contributed by atoms with Gasteiger partial charge in [0, 0.05) is 36.9 Å². The van der Waals surface area contributed by atoms with Gasteiger partial charge in [-0.3, -0.25) is 4.98 Å². The SMILES string of the molecule is COc1cncc(NC(=O)N2C[C@H](C)N(c3ccc(C#N)c(C(F)(F)F)c3)C[C@H]2C)c1. The fraction of sp³-hybridized carbons (Fsp3) is 0.381. The maximum Gasteiger partial charge on any atom is 0.417 e. The van der Waals surface area contributed by atoms with Crippen LogP contribution in [0, 0.1) is 11.3 Å². The van der Waals surface area contributed by atoms with E-state index in [1.165, 1.54) is 31.6 Å². The number of benzene rings is 1. The molecule has 1 aromatic carbocycles. The third kappa shape index (κ3) is 4.82. The van der Waals surface area contributed by atoms with Crippen LogP contribution < -0.4 is 15.0 Å². The molecule has 2 atom stereocenters. The van der Waals surface area contributed by atoms with Gasteiger partial charge in [0.1, 0.15) is 5.75 Å². The molecule has 0 bridgehead atoms. The van der Waals surface area contributed by atoms with E-state index in [-0.39, 0.29) is 18.1 Å². The fourth-order valence-corrected chi connectivity index (χ4v) is 3.61. The van der Waals surface area contributed by atoms with Gasteiger partial charge in [0.05, 0.1) is 42.4 Å². The van der Waals surface area contributed by atoms with Crippen LogP contribution in [0.15, 0.2) is 36.7 Å². The Hall–Kier alpha value is -3.48. The van der Waals surface area contributed by atoms with Crippen molar-refractivity contribution in [2.24, 2.45) is 0 Å². The lowest BCUT2D eigenvalue weighted by molar-refractivity contribution is -0.137. The molecule has 10 heteroatoms. The van der Waals surface area contributed by atoms with E-state index < -0.39 is 17.3 Å². The molecule has 2 amide bonds. The first-order valence-electron chi connectivity index (χ1n) is 9.58. The maximum atomic E-state index is 13.3. The average molecular weight is 433 g/mol. The first-order chi connectivity index (χ1) is 14.6. The predicted molar refractivity (Wildman–Crippen MR) is 109 cm³/mol. The Morgan fingerprint density at radius 1 is 1.23 bits per heavy atom. The predicted octanol–water partition coefficient (Wildman–Crippen LogP) is 4.11. The van der Waals surface area contributed by atoms with E-state index in [1.807, 2.05) is 18.7 Å². The molecule has 0 spiro atoms. The Kier molecular flexibility index (Phi) is 6.24. The number of anilines is 2. The lowest BCUT2D eigenvalue weighted by atomic mass is 10.0. The molecule has 0 unspecified atom stereocenters. The van der Waals surface area contributed by atoms with Crippen molar-refractivity contribution in [2.45, 2.75) is 32.1 Å². The molecule has 1 aromatic heterocycles. The summed E-state index contributed by atoms with van der Waals surface area (Å²) in [6, 6.07) is 6.10. The number of alkyl halides is 3. The van der Waals surface area contributed by atoms with Gasteiger partial charge in [-0.15, -0.1) is 0 Å². The number of hydrogen-bond donors (Lipinski definition) is 1. The normalized spacial score (nSPS) is 19.0. The highest BCUT2D eigenvalue weighted by molar-refractivity contribution is 5.89. The second kappa shape index (κ2) is 8.71. The number of nitriles is 1. The van der Waals surface area contributed by atoms with Gasteiger partial charge in [0.2, 0.25) is 0 Å². The van der Waals surface area contributed by atoms with E-state index in [1.54, 1.807) is 17.0 Å². The van der Waals surface area contributed by atoms with Crippen LogP contribution in [0.4, 0.5) is 29.3 Å². The number of methoxy groups -OCH3 is 1. The number of rotatable bonds is 3. The minimum absolute atomic E-state index is 0.237. The van der Waals surface area contributed by atoms with E-state index >= 15 is 0 Å². The third-order valence-electron chi connectivity index (χ3n) is 5.21. The molecule has 1 aliphatic rings. The fourth-order valence-electron chi connectivity index (χ4n) is 3.61. The zero-order chi connectivity index (χ0) is 22.8. The molecule has 2 aromatic rings. The van der Waals surface area contributed by atoms with E-state index in [4.69, 9.17) is 10.00 Å². The first kappa shape index (κ1) is 22.2. The number of halogens is 3. The molecule has 1 aliphatic heterocycles. The second-order valence-corrected chi connectivity index (χ2v) is 7.39. The van der Waals surface area contributed by atoms with Gasteiger partial charge in [-0.05, 0) is 32.0 Å². The summed E-state index contributed by atoms with van der Waals surface area (Å²) in [5.74, 6) is 0.505. The lowest BCUT2D eigenvalue weighted by Gasteiger charge is -2.45. The summed E-state index contributed by atoms with van der Waals surface area (Å²) in [5.41, 5.74) is -0.531. The largest absolute Gasteiger partial charge is 0.495 e. The summed E-state index contributed by atoms with van der Waals surface area (Å²) >= 11 is 0. The first-order valence-corrected chi connectivity index (χ1v) is 9.58. The van der Waals surface area contributed by atoms with Gasteiger partial charge in [-0.2, -0.15) is 18.4 Å². The number of pyridine rings is 1. The molecule has 7 nitrogen and oxygen atoms in total. The molecule has 0 radical (unpaired) electrons. The van der Waals surface area contributed by atoms with Crippen LogP contribution in [-0.4, -0.2) is 48.2 Å². The number of ether oxygens (including phenoxy) is 1. The molecule has 1 N–H and O–H groups in total. The van der Waals surface area contributed by atoms with Crippen LogP contribution in [-0.2, 0) is 6.18 Å². The van der Waals surface area contributed by atoms with Gasteiger partial charge in [-0.1, -0.05) is 0 Å². The van der Waals surface area contributed by atoms with Gasteiger partial charge < -0.3 is 19.9 Å². The molecule has 31 heavy (non-hydrogen) atoms. The quantitative estimate of drug-likeness (QED) is 0.788. The smallest absolute Gasteiger partial charge is 0.417 e. The number of piperazine rings is 1. The number of amides is 2. The van der Waals surface area contributed by atoms with Crippen molar-refractivity contribution in [1.29, 1.82) is 5.26 Å². The van der Waals surface area contributed by atoms with Gasteiger partial charge >= 0.3 is 12.2 Å². The minimum atomic E-state index is -4.62. The summed E-state index contributed by atoms with van der Waals surface area (Å²) < 4.78 is 45.1. The Morgan fingerprint density at radius 2 is 1.97 bits per heavy atom. The van der Waals surface area contributed by atoms with E-state index in [9.17, 15) is 18.0 Å². The monoisotopic (exact) mass is 433 g/mol. The van der Waals surface area contributed by atoms with Crippen molar-refractivity contribution in [2.75, 3.05) is 30.4 Å². The molecule has 0 aliphatic carbocycles. The molecule has 3 rings (SSSR count). The zero-order valence-corrected chi connectivity index (χ0v) is 17.3. The summed E-state index contributed by atoms with van der Waals surface area (Å²) in [4.78, 5) is 20.2. The van der Waals surface area contributed by atoms with E-state index in [2.05, 4.69) is 10.3 Å². The Labute approximate surface area is 178 Å². The Bertz CT molecular complexity index is 1010. The standard InChI is InChI=1S/C21H22F3N5O2/c1-13-12-29(20(30)27-16-6-18(31-3)10-26-9-16)14(2)11-28(13)17-5-4-15(8-25)19(7-17)21(22,23)24/h4-7,9-10,13-14H,11-12H2,1-3H3,(H,27,30)/t13-,14+/m0/s1. The van der Waals surface area contributed by atoms with E-state index in [0.29, 0.717) is 30.2 Å². The maximum absolute atomic E-state index is 13.3. The van der Waals surface area contributed by atoms with Crippen LogP contribution in [0.25, 0.3) is 0 Å². The number of nitrogens with zero attached hydrogens (tertiary/aromatic N) is 4. The summed E-state index contributed by atoms with van der Waals surface area (Å²) in [6.07, 6.45) is -1.60. The number of carbonyl (C=O) groups excluding carboxylic acids is 1. The van der Waals surface area contributed by atoms with Crippen molar-refractivity contribution >= 4 is 17.4 Å². The summed E-state index contributed by atoms with van der Waals surface area (Å²) in [7, 11) is 1.50. The number of aromatic nitrogens is 1. The molecule has 164 valence electrons. The van der Waals surface area contributed by atoms with Crippen LogP contribution in [0.3, 0.4) is 0 Å². The van der Waals surface area contributed by atoms with Gasteiger partial charge in [0.25, 0.3) is 0 Å². The molecular formula is C21H22F3N5O2. The number of carbonyl (C=O) groups is 1.